The maximum absolute atomic E-state index is 11.0. The van der Waals surface area contributed by atoms with Crippen molar-refractivity contribution in [3.05, 3.63) is 35.9 Å². The standard InChI is InChI=1S/C11H13NO2.ClH/c12-11(10(13)14)7-6-9(11)8-4-2-1-3-5-8;/h1-5,9H,6-7,12H2,(H,13,14);1H. The SMILES string of the molecule is Cl.NC1(C(=O)O)CCC1c1ccccc1. The minimum Gasteiger partial charge on any atom is -0.480 e. The molecule has 4 heteroatoms. The summed E-state index contributed by atoms with van der Waals surface area (Å²) in [5, 5.41) is 9.00. The molecule has 3 N–H and O–H groups in total. The lowest BCUT2D eigenvalue weighted by atomic mass is 9.64. The number of carboxylic acids is 1. The predicted molar refractivity (Wildman–Crippen MR) is 60.2 cm³/mol. The monoisotopic (exact) mass is 227 g/mol. The van der Waals surface area contributed by atoms with E-state index in [9.17, 15) is 4.79 Å². The summed E-state index contributed by atoms with van der Waals surface area (Å²) < 4.78 is 0. The van der Waals surface area contributed by atoms with E-state index in [1.54, 1.807) is 0 Å². The van der Waals surface area contributed by atoms with E-state index < -0.39 is 11.5 Å². The third kappa shape index (κ3) is 1.85. The zero-order valence-corrected chi connectivity index (χ0v) is 9.04. The maximum atomic E-state index is 11.0. The molecule has 2 unspecified atom stereocenters. The first-order valence-electron chi connectivity index (χ1n) is 4.72. The van der Waals surface area contributed by atoms with Gasteiger partial charge in [0.25, 0.3) is 0 Å². The topological polar surface area (TPSA) is 63.3 Å². The Balaban J connectivity index is 0.00000112. The molecule has 0 heterocycles. The van der Waals surface area contributed by atoms with Crippen molar-refractivity contribution in [3.63, 3.8) is 0 Å². The molecule has 1 aromatic rings. The summed E-state index contributed by atoms with van der Waals surface area (Å²) in [6, 6.07) is 9.62. The van der Waals surface area contributed by atoms with Gasteiger partial charge in [0.15, 0.2) is 0 Å². The Kier molecular flexibility index (Phi) is 3.37. The molecule has 3 nitrogen and oxygen atoms in total. The smallest absolute Gasteiger partial charge is 0.324 e. The predicted octanol–water partition coefficient (Wildman–Crippen LogP) is 1.77. The summed E-state index contributed by atoms with van der Waals surface area (Å²) >= 11 is 0. The summed E-state index contributed by atoms with van der Waals surface area (Å²) in [6.45, 7) is 0. The molecule has 0 bridgehead atoms. The summed E-state index contributed by atoms with van der Waals surface area (Å²) in [5.74, 6) is -0.918. The van der Waals surface area contributed by atoms with E-state index in [-0.39, 0.29) is 18.3 Å². The van der Waals surface area contributed by atoms with Crippen molar-refractivity contribution in [1.29, 1.82) is 0 Å². The quantitative estimate of drug-likeness (QED) is 0.810. The Morgan fingerprint density at radius 1 is 1.40 bits per heavy atom. The number of halogens is 1. The minimum absolute atomic E-state index is 0. The van der Waals surface area contributed by atoms with Gasteiger partial charge in [-0.25, -0.2) is 0 Å². The van der Waals surface area contributed by atoms with E-state index in [4.69, 9.17) is 10.8 Å². The van der Waals surface area contributed by atoms with Gasteiger partial charge in [-0.15, -0.1) is 12.4 Å². The normalized spacial score (nSPS) is 28.7. The summed E-state index contributed by atoms with van der Waals surface area (Å²) in [5.41, 5.74) is 5.81. The number of carboxylic acid groups (broad SMARTS) is 1. The molecule has 82 valence electrons. The van der Waals surface area contributed by atoms with E-state index in [1.165, 1.54) is 0 Å². The minimum atomic E-state index is -1.04. The Labute approximate surface area is 94.7 Å². The number of nitrogens with two attached hydrogens (primary N) is 1. The lowest BCUT2D eigenvalue weighted by molar-refractivity contribution is -0.147. The zero-order valence-electron chi connectivity index (χ0n) is 8.22. The van der Waals surface area contributed by atoms with Crippen molar-refractivity contribution in [3.8, 4) is 0 Å². The number of hydrogen-bond donors (Lipinski definition) is 2. The first-order valence-corrected chi connectivity index (χ1v) is 4.72. The van der Waals surface area contributed by atoms with Gasteiger partial charge in [-0.1, -0.05) is 30.3 Å². The van der Waals surface area contributed by atoms with Crippen LogP contribution in [0, 0.1) is 0 Å². The van der Waals surface area contributed by atoms with E-state index in [1.807, 2.05) is 30.3 Å². The van der Waals surface area contributed by atoms with Gasteiger partial charge in [0.2, 0.25) is 0 Å². The van der Waals surface area contributed by atoms with Gasteiger partial charge in [0, 0.05) is 5.92 Å². The van der Waals surface area contributed by atoms with Gasteiger partial charge in [0.1, 0.15) is 5.54 Å². The molecule has 1 aliphatic rings. The molecule has 0 saturated heterocycles. The number of hydrogen-bond acceptors (Lipinski definition) is 2. The second-order valence-corrected chi connectivity index (χ2v) is 3.85. The highest BCUT2D eigenvalue weighted by atomic mass is 35.5. The van der Waals surface area contributed by atoms with Crippen LogP contribution in [-0.4, -0.2) is 16.6 Å². The van der Waals surface area contributed by atoms with Crippen LogP contribution < -0.4 is 5.73 Å². The summed E-state index contributed by atoms with van der Waals surface area (Å²) in [6.07, 6.45) is 1.44. The molecule has 0 aromatic heterocycles. The van der Waals surface area contributed by atoms with Crippen molar-refractivity contribution >= 4 is 18.4 Å². The Morgan fingerprint density at radius 2 is 2.00 bits per heavy atom. The number of benzene rings is 1. The van der Waals surface area contributed by atoms with Gasteiger partial charge in [-0.05, 0) is 18.4 Å². The average Bonchev–Trinajstić information content (AvgIpc) is 2.16. The summed E-state index contributed by atoms with van der Waals surface area (Å²) in [4.78, 5) is 11.0. The molecule has 1 saturated carbocycles. The van der Waals surface area contributed by atoms with Crippen molar-refractivity contribution in [2.24, 2.45) is 5.73 Å². The van der Waals surface area contributed by atoms with E-state index >= 15 is 0 Å². The van der Waals surface area contributed by atoms with Crippen LogP contribution in [-0.2, 0) is 4.79 Å². The molecular weight excluding hydrogens is 214 g/mol. The van der Waals surface area contributed by atoms with Crippen LogP contribution in [0.15, 0.2) is 30.3 Å². The number of aliphatic carboxylic acids is 1. The van der Waals surface area contributed by atoms with Crippen LogP contribution in [0.1, 0.15) is 24.3 Å². The number of carbonyl (C=O) groups is 1. The van der Waals surface area contributed by atoms with Crippen LogP contribution in [0.3, 0.4) is 0 Å². The average molecular weight is 228 g/mol. The molecule has 1 fully saturated rings. The highest BCUT2D eigenvalue weighted by molar-refractivity contribution is 5.85. The Bertz CT molecular complexity index is 355. The molecule has 15 heavy (non-hydrogen) atoms. The molecule has 0 amide bonds. The molecule has 1 aromatic carbocycles. The van der Waals surface area contributed by atoms with Crippen LogP contribution in [0.5, 0.6) is 0 Å². The molecule has 2 rings (SSSR count). The highest BCUT2D eigenvalue weighted by Crippen LogP contribution is 2.44. The van der Waals surface area contributed by atoms with Gasteiger partial charge in [0.05, 0.1) is 0 Å². The molecule has 2 atom stereocenters. The van der Waals surface area contributed by atoms with Crippen molar-refractivity contribution in [2.75, 3.05) is 0 Å². The third-order valence-corrected chi connectivity index (χ3v) is 3.07. The lowest BCUT2D eigenvalue weighted by Crippen LogP contribution is -2.59. The fraction of sp³-hybridized carbons (Fsp3) is 0.364. The van der Waals surface area contributed by atoms with Gasteiger partial charge < -0.3 is 10.8 Å². The van der Waals surface area contributed by atoms with E-state index in [0.29, 0.717) is 6.42 Å². The summed E-state index contributed by atoms with van der Waals surface area (Å²) in [7, 11) is 0. The van der Waals surface area contributed by atoms with Crippen LogP contribution in [0.25, 0.3) is 0 Å². The first-order chi connectivity index (χ1) is 6.64. The second-order valence-electron chi connectivity index (χ2n) is 3.85. The van der Waals surface area contributed by atoms with Gasteiger partial charge >= 0.3 is 5.97 Å². The van der Waals surface area contributed by atoms with Gasteiger partial charge in [-0.2, -0.15) is 0 Å². The highest BCUT2D eigenvalue weighted by Gasteiger charge is 2.50. The van der Waals surface area contributed by atoms with Crippen molar-refractivity contribution in [1.82, 2.24) is 0 Å². The van der Waals surface area contributed by atoms with Crippen LogP contribution in [0.4, 0.5) is 0 Å². The molecule has 0 aliphatic heterocycles. The Morgan fingerprint density at radius 3 is 2.40 bits per heavy atom. The fourth-order valence-electron chi connectivity index (χ4n) is 2.01. The van der Waals surface area contributed by atoms with Crippen LogP contribution >= 0.6 is 12.4 Å². The zero-order chi connectivity index (χ0) is 10.2. The number of rotatable bonds is 2. The van der Waals surface area contributed by atoms with Crippen molar-refractivity contribution in [2.45, 2.75) is 24.3 Å². The van der Waals surface area contributed by atoms with Crippen molar-refractivity contribution < 1.29 is 9.90 Å². The van der Waals surface area contributed by atoms with E-state index in [0.717, 1.165) is 12.0 Å². The van der Waals surface area contributed by atoms with Crippen LogP contribution in [0.2, 0.25) is 0 Å². The second kappa shape index (κ2) is 4.21. The molecule has 1 aliphatic carbocycles. The fourth-order valence-corrected chi connectivity index (χ4v) is 2.01. The first kappa shape index (κ1) is 12.0. The third-order valence-electron chi connectivity index (χ3n) is 3.07. The lowest BCUT2D eigenvalue weighted by Gasteiger charge is -2.43. The molecular formula is C11H14ClNO2. The largest absolute Gasteiger partial charge is 0.480 e. The molecule has 0 radical (unpaired) electrons. The maximum Gasteiger partial charge on any atom is 0.324 e. The van der Waals surface area contributed by atoms with Gasteiger partial charge in [-0.3, -0.25) is 4.79 Å². The molecule has 0 spiro atoms. The van der Waals surface area contributed by atoms with E-state index in [2.05, 4.69) is 0 Å². The Hall–Kier alpha value is -1.06.